The zero-order valence-electron chi connectivity index (χ0n) is 51.1. The second-order valence-electron chi connectivity index (χ2n) is 21.8. The predicted molar refractivity (Wildman–Crippen MR) is 343 cm³/mol. The number of ether oxygens (including phenoxy) is 2. The molecule has 0 rings (SSSR count). The van der Waals surface area contributed by atoms with Crippen LogP contribution < -0.4 is 0 Å². The van der Waals surface area contributed by atoms with Crippen molar-refractivity contribution in [3.63, 3.8) is 0 Å². The molecule has 0 aliphatic rings. The standard InChI is InChI=1S/C73H124O5/c1-3-5-7-9-11-13-15-17-19-21-23-25-27-29-31-33-35-36-38-39-41-43-45-47-49-51-53-55-57-59-61-63-65-67-72(75)77-70-71(69-74)78-73(76)68-66-64-62-60-58-56-54-52-50-48-46-44-42-40-37-34-32-30-28-26-24-22-20-18-16-14-12-10-8-6-4-2/h6,8,12,14,18,20-21,23-24,26,30,32,37,40,44,46,50,52,56,58,71,74H,3-5,7,9-11,13,15-17,19,22,25,27-29,31,33-36,38-39,41-43,45,47-49,51,53-55,57,59-70H2,1-2H3/b8-6-,14-12-,20-18-,23-21-,26-24-,32-30-,40-37-,46-44-,52-50-,58-56-. The minimum atomic E-state index is -0.799. The Labute approximate surface area is 483 Å². The molecular weight excluding hydrogens is 957 g/mol. The van der Waals surface area contributed by atoms with Gasteiger partial charge >= 0.3 is 11.9 Å². The molecular formula is C73H124O5. The summed E-state index contributed by atoms with van der Waals surface area (Å²) >= 11 is 0. The molecule has 446 valence electrons. The SMILES string of the molecule is CC/C=C\C/C=C\C/C=C\C/C=C\C/C=C\C/C=C\C/C=C\C/C=C\C/C=C\CCCCCC(=O)OC(CO)COC(=O)CCCCCCCCCCCCCCCCCCCCCCC/C=C\CCCCCCCCCC. The fourth-order valence-electron chi connectivity index (χ4n) is 9.31. The fraction of sp³-hybridized carbons (Fsp3) is 0.699. The van der Waals surface area contributed by atoms with Gasteiger partial charge in [0, 0.05) is 12.8 Å². The van der Waals surface area contributed by atoms with Crippen molar-refractivity contribution >= 4 is 11.9 Å². The van der Waals surface area contributed by atoms with Crippen molar-refractivity contribution in [3.8, 4) is 0 Å². The number of unbranched alkanes of at least 4 members (excludes halogenated alkanes) is 32. The van der Waals surface area contributed by atoms with Gasteiger partial charge in [0.2, 0.25) is 0 Å². The molecule has 78 heavy (non-hydrogen) atoms. The van der Waals surface area contributed by atoms with E-state index in [9.17, 15) is 14.7 Å². The number of rotatable bonds is 60. The third kappa shape index (κ3) is 64.8. The molecule has 0 amide bonds. The van der Waals surface area contributed by atoms with Gasteiger partial charge in [0.15, 0.2) is 6.10 Å². The molecule has 0 saturated heterocycles. The first-order valence-electron chi connectivity index (χ1n) is 33.1. The Kier molecular flexibility index (Phi) is 64.4. The molecule has 1 unspecified atom stereocenters. The van der Waals surface area contributed by atoms with Crippen molar-refractivity contribution in [2.45, 2.75) is 315 Å². The van der Waals surface area contributed by atoms with Crippen LogP contribution in [0.4, 0.5) is 0 Å². The van der Waals surface area contributed by atoms with Gasteiger partial charge in [-0.3, -0.25) is 9.59 Å². The van der Waals surface area contributed by atoms with Gasteiger partial charge < -0.3 is 14.6 Å². The van der Waals surface area contributed by atoms with Crippen LogP contribution in [0.2, 0.25) is 0 Å². The molecule has 0 aliphatic carbocycles. The van der Waals surface area contributed by atoms with E-state index < -0.39 is 6.10 Å². The summed E-state index contributed by atoms with van der Waals surface area (Å²) in [5.74, 6) is -0.626. The minimum Gasteiger partial charge on any atom is -0.462 e. The number of aliphatic hydroxyl groups excluding tert-OH is 1. The monoisotopic (exact) mass is 1080 g/mol. The topological polar surface area (TPSA) is 72.8 Å². The average molecular weight is 1080 g/mol. The van der Waals surface area contributed by atoms with Crippen LogP contribution in [-0.2, 0) is 19.1 Å². The van der Waals surface area contributed by atoms with Crippen LogP contribution in [0.25, 0.3) is 0 Å². The van der Waals surface area contributed by atoms with Gasteiger partial charge in [-0.25, -0.2) is 0 Å². The number of aliphatic hydroxyl groups is 1. The highest BCUT2D eigenvalue weighted by molar-refractivity contribution is 5.70. The molecule has 1 N–H and O–H groups in total. The van der Waals surface area contributed by atoms with E-state index in [-0.39, 0.29) is 25.2 Å². The fourth-order valence-corrected chi connectivity index (χ4v) is 9.31. The smallest absolute Gasteiger partial charge is 0.306 e. The number of esters is 2. The highest BCUT2D eigenvalue weighted by Crippen LogP contribution is 2.17. The van der Waals surface area contributed by atoms with Crippen molar-refractivity contribution in [3.05, 3.63) is 122 Å². The number of hydrogen-bond donors (Lipinski definition) is 1. The average Bonchev–Trinajstić information content (AvgIpc) is 3.44. The third-order valence-corrected chi connectivity index (χ3v) is 14.2. The van der Waals surface area contributed by atoms with Gasteiger partial charge in [-0.15, -0.1) is 0 Å². The van der Waals surface area contributed by atoms with E-state index in [1.807, 2.05) is 0 Å². The lowest BCUT2D eigenvalue weighted by molar-refractivity contribution is -0.161. The summed E-state index contributed by atoms with van der Waals surface area (Å²) in [5, 5.41) is 9.68. The van der Waals surface area contributed by atoms with Crippen LogP contribution in [0.1, 0.15) is 309 Å². The maximum Gasteiger partial charge on any atom is 0.306 e. The highest BCUT2D eigenvalue weighted by Gasteiger charge is 2.16. The van der Waals surface area contributed by atoms with Gasteiger partial charge in [0.1, 0.15) is 6.61 Å². The van der Waals surface area contributed by atoms with E-state index in [2.05, 4.69) is 135 Å². The van der Waals surface area contributed by atoms with E-state index in [0.717, 1.165) is 103 Å². The molecule has 0 heterocycles. The lowest BCUT2D eigenvalue weighted by atomic mass is 10.0. The molecule has 0 fully saturated rings. The molecule has 0 bridgehead atoms. The molecule has 0 aromatic heterocycles. The molecule has 5 nitrogen and oxygen atoms in total. The third-order valence-electron chi connectivity index (χ3n) is 14.2. The first-order chi connectivity index (χ1) is 38.6. The summed E-state index contributed by atoms with van der Waals surface area (Å²) < 4.78 is 10.7. The lowest BCUT2D eigenvalue weighted by Gasteiger charge is -2.15. The van der Waals surface area contributed by atoms with Gasteiger partial charge in [-0.1, -0.05) is 309 Å². The molecule has 0 aliphatic heterocycles. The second-order valence-corrected chi connectivity index (χ2v) is 21.8. The predicted octanol–water partition coefficient (Wildman–Crippen LogP) is 23.0. The lowest BCUT2D eigenvalue weighted by Crippen LogP contribution is -2.28. The van der Waals surface area contributed by atoms with Gasteiger partial charge in [0.25, 0.3) is 0 Å². The summed E-state index contributed by atoms with van der Waals surface area (Å²) in [4.78, 5) is 24.6. The normalized spacial score (nSPS) is 13.0. The largest absolute Gasteiger partial charge is 0.462 e. The maximum absolute atomic E-state index is 12.3. The first-order valence-corrected chi connectivity index (χ1v) is 33.1. The van der Waals surface area contributed by atoms with Crippen LogP contribution in [0.3, 0.4) is 0 Å². The van der Waals surface area contributed by atoms with Crippen LogP contribution in [0.15, 0.2) is 122 Å². The first kappa shape index (κ1) is 74.3. The summed E-state index contributed by atoms with van der Waals surface area (Å²) in [6.07, 6.45) is 99.3. The molecule has 0 aromatic rings. The van der Waals surface area contributed by atoms with Crippen molar-refractivity contribution in [1.82, 2.24) is 0 Å². The molecule has 5 heteroatoms. The molecule has 0 saturated carbocycles. The molecule has 0 aromatic carbocycles. The van der Waals surface area contributed by atoms with E-state index in [0.29, 0.717) is 12.8 Å². The van der Waals surface area contributed by atoms with E-state index in [1.165, 1.54) is 180 Å². The van der Waals surface area contributed by atoms with Gasteiger partial charge in [-0.2, -0.15) is 0 Å². The van der Waals surface area contributed by atoms with Crippen molar-refractivity contribution in [2.24, 2.45) is 0 Å². The maximum atomic E-state index is 12.3. The quantitative estimate of drug-likeness (QED) is 0.0373. The van der Waals surface area contributed by atoms with Gasteiger partial charge in [-0.05, 0) is 109 Å². The Balaban J connectivity index is 3.54. The highest BCUT2D eigenvalue weighted by atomic mass is 16.6. The van der Waals surface area contributed by atoms with Crippen molar-refractivity contribution < 1.29 is 24.2 Å². The molecule has 0 spiro atoms. The zero-order valence-corrected chi connectivity index (χ0v) is 51.1. The van der Waals surface area contributed by atoms with E-state index in [1.54, 1.807) is 0 Å². The van der Waals surface area contributed by atoms with Crippen LogP contribution in [0.5, 0.6) is 0 Å². The second kappa shape index (κ2) is 67.6. The van der Waals surface area contributed by atoms with Crippen molar-refractivity contribution in [2.75, 3.05) is 13.2 Å². The number of carbonyl (C=O) groups excluding carboxylic acids is 2. The Morgan fingerprint density at radius 3 is 0.859 bits per heavy atom. The number of carbonyl (C=O) groups is 2. The Bertz CT molecular complexity index is 1550. The molecule has 0 radical (unpaired) electrons. The van der Waals surface area contributed by atoms with Crippen LogP contribution in [0, 0.1) is 0 Å². The number of allylic oxidation sites excluding steroid dienone is 20. The zero-order chi connectivity index (χ0) is 56.2. The Morgan fingerprint density at radius 2 is 0.551 bits per heavy atom. The number of hydrogen-bond acceptors (Lipinski definition) is 5. The molecule has 1 atom stereocenters. The summed E-state index contributed by atoms with van der Waals surface area (Å²) in [6, 6.07) is 0. The summed E-state index contributed by atoms with van der Waals surface area (Å²) in [5.41, 5.74) is 0. The Hall–Kier alpha value is -3.70. The van der Waals surface area contributed by atoms with Crippen LogP contribution >= 0.6 is 0 Å². The van der Waals surface area contributed by atoms with Crippen LogP contribution in [-0.4, -0.2) is 36.4 Å². The summed E-state index contributed by atoms with van der Waals surface area (Å²) in [7, 11) is 0. The van der Waals surface area contributed by atoms with E-state index >= 15 is 0 Å². The van der Waals surface area contributed by atoms with E-state index in [4.69, 9.17) is 9.47 Å². The van der Waals surface area contributed by atoms with Gasteiger partial charge in [0.05, 0.1) is 6.61 Å². The summed E-state index contributed by atoms with van der Waals surface area (Å²) in [6.45, 7) is 4.02. The minimum absolute atomic E-state index is 0.0841. The van der Waals surface area contributed by atoms with Crippen molar-refractivity contribution in [1.29, 1.82) is 0 Å². The Morgan fingerprint density at radius 1 is 0.308 bits per heavy atom.